The van der Waals surface area contributed by atoms with Crippen LogP contribution in [0.15, 0.2) is 53.3 Å². The van der Waals surface area contributed by atoms with E-state index in [4.69, 9.17) is 5.73 Å². The number of nitrogens with two attached hydrogens (primary N) is 1. The molecule has 0 radical (unpaired) electrons. The number of aromatic hydroxyl groups is 1. The summed E-state index contributed by atoms with van der Waals surface area (Å²) in [4.78, 5) is 52.6. The van der Waals surface area contributed by atoms with Crippen molar-refractivity contribution in [1.29, 1.82) is 0 Å². The van der Waals surface area contributed by atoms with Crippen molar-refractivity contribution in [2.45, 2.75) is 38.0 Å². The number of fused-ring (bicyclic) bond motifs is 3. The van der Waals surface area contributed by atoms with Gasteiger partial charge in [0, 0.05) is 30.5 Å². The average molecular weight is 562 g/mol. The minimum atomic E-state index is -2.71. The Hall–Kier alpha value is -4.48. The van der Waals surface area contributed by atoms with Crippen molar-refractivity contribution in [2.75, 3.05) is 14.1 Å². The van der Waals surface area contributed by atoms with E-state index in [1.807, 2.05) is 30.3 Å². The fourth-order valence-corrected chi connectivity index (χ4v) is 6.60. The van der Waals surface area contributed by atoms with E-state index in [1.54, 1.807) is 20.2 Å². The third kappa shape index (κ3) is 4.11. The molecule has 7 N–H and O–H groups in total. The van der Waals surface area contributed by atoms with Gasteiger partial charge in [-0.25, -0.2) is 0 Å². The molecule has 3 aliphatic rings. The number of likely N-dealkylation sites (N-methyl/N-ethyl adjacent to an activating group) is 1. The van der Waals surface area contributed by atoms with Crippen LogP contribution in [0.4, 0.5) is 0 Å². The number of nitrogens with zero attached hydrogens (tertiary/aromatic N) is 1. The summed E-state index contributed by atoms with van der Waals surface area (Å²) in [7, 11) is 3.10. The number of carbonyl (C=O) groups excluding carboxylic acids is 4. The number of hydrogen-bond donors (Lipinski definition) is 6. The van der Waals surface area contributed by atoms with E-state index >= 15 is 0 Å². The number of nitrogens with one attached hydrogen (secondary N) is 1. The van der Waals surface area contributed by atoms with Gasteiger partial charge >= 0.3 is 0 Å². The normalized spacial score (nSPS) is 25.5. The third-order valence-corrected chi connectivity index (χ3v) is 8.41. The van der Waals surface area contributed by atoms with Gasteiger partial charge in [-0.2, -0.15) is 0 Å². The Morgan fingerprint density at radius 2 is 1.78 bits per heavy atom. The molecule has 2 amide bonds. The summed E-state index contributed by atoms with van der Waals surface area (Å²) in [5.41, 5.74) is 3.82. The zero-order valence-electron chi connectivity index (χ0n) is 22.8. The summed E-state index contributed by atoms with van der Waals surface area (Å²) in [5.74, 6) is -7.43. The van der Waals surface area contributed by atoms with Crippen molar-refractivity contribution in [3.63, 3.8) is 0 Å². The molecular formula is C30H31N3O8. The number of ketones is 2. The first-order chi connectivity index (χ1) is 19.3. The number of rotatable bonds is 5. The van der Waals surface area contributed by atoms with E-state index in [2.05, 4.69) is 5.32 Å². The zero-order chi connectivity index (χ0) is 30.0. The smallest absolute Gasteiger partial charge is 0.255 e. The predicted molar refractivity (Wildman–Crippen MR) is 147 cm³/mol. The van der Waals surface area contributed by atoms with Gasteiger partial charge in [0.25, 0.3) is 5.91 Å². The Bertz CT molecular complexity index is 1580. The number of amides is 2. The molecule has 214 valence electrons. The molecule has 0 aliphatic heterocycles. The number of benzene rings is 2. The standard InChI is InChI=1S/C30H31N3O8/c1-13(34)32-12-16-10-17(14-7-5-4-6-8-14)18-9-15-11-19-23(33(2)3)26(37)22(29(31)40)28(39)30(19,41)27(38)20(15)25(36)21(18)24(16)35/h4-8,10,15,19,23,35-36,39,41H,9,11-12H2,1-3H3,(H2,31,40)(H,32,34). The Morgan fingerprint density at radius 1 is 1.12 bits per heavy atom. The average Bonchev–Trinajstić information content (AvgIpc) is 2.90. The quantitative estimate of drug-likeness (QED) is 0.292. The molecule has 4 atom stereocenters. The lowest BCUT2D eigenvalue weighted by Crippen LogP contribution is -2.65. The maximum atomic E-state index is 14.1. The van der Waals surface area contributed by atoms with Crippen molar-refractivity contribution in [2.24, 2.45) is 17.6 Å². The maximum absolute atomic E-state index is 14.1. The molecule has 3 aliphatic carbocycles. The van der Waals surface area contributed by atoms with Crippen LogP contribution >= 0.6 is 0 Å². The van der Waals surface area contributed by atoms with Gasteiger partial charge in [-0.3, -0.25) is 24.1 Å². The largest absolute Gasteiger partial charge is 0.508 e. The number of carbonyl (C=O) groups is 4. The van der Waals surface area contributed by atoms with Crippen LogP contribution in [0.3, 0.4) is 0 Å². The summed E-state index contributed by atoms with van der Waals surface area (Å²) in [6.45, 7) is 1.27. The molecule has 5 rings (SSSR count). The first-order valence-corrected chi connectivity index (χ1v) is 13.1. The van der Waals surface area contributed by atoms with Gasteiger partial charge in [-0.05, 0) is 55.6 Å². The molecule has 2 aromatic carbocycles. The summed E-state index contributed by atoms with van der Waals surface area (Å²) >= 11 is 0. The first-order valence-electron chi connectivity index (χ1n) is 13.1. The summed E-state index contributed by atoms with van der Waals surface area (Å²) < 4.78 is 0. The molecule has 0 heterocycles. The molecular weight excluding hydrogens is 530 g/mol. The minimum absolute atomic E-state index is 0.00556. The molecule has 1 saturated carbocycles. The topological polar surface area (TPSA) is 190 Å². The van der Waals surface area contributed by atoms with E-state index < -0.39 is 58.0 Å². The van der Waals surface area contributed by atoms with E-state index in [9.17, 15) is 39.6 Å². The molecule has 2 aromatic rings. The molecule has 41 heavy (non-hydrogen) atoms. The Balaban J connectivity index is 1.76. The minimum Gasteiger partial charge on any atom is -0.508 e. The highest BCUT2D eigenvalue weighted by molar-refractivity contribution is 6.24. The number of aliphatic hydroxyl groups is 3. The van der Waals surface area contributed by atoms with E-state index in [0.717, 1.165) is 5.56 Å². The number of primary amides is 1. The van der Waals surface area contributed by atoms with Gasteiger partial charge in [-0.15, -0.1) is 0 Å². The molecule has 0 aromatic heterocycles. The van der Waals surface area contributed by atoms with Crippen LogP contribution < -0.4 is 11.1 Å². The highest BCUT2D eigenvalue weighted by atomic mass is 16.3. The van der Waals surface area contributed by atoms with Gasteiger partial charge in [0.05, 0.1) is 11.6 Å². The van der Waals surface area contributed by atoms with Crippen LogP contribution in [0.1, 0.15) is 30.0 Å². The van der Waals surface area contributed by atoms with Crippen molar-refractivity contribution < 1.29 is 39.6 Å². The number of phenols is 1. The third-order valence-electron chi connectivity index (χ3n) is 8.41. The van der Waals surface area contributed by atoms with E-state index in [1.165, 1.54) is 11.8 Å². The molecule has 11 heteroatoms. The summed E-state index contributed by atoms with van der Waals surface area (Å²) in [5, 5.41) is 48.3. The Labute approximate surface area is 235 Å². The van der Waals surface area contributed by atoms with E-state index in [-0.39, 0.29) is 47.7 Å². The lowest BCUT2D eigenvalue weighted by molar-refractivity contribution is -0.153. The molecule has 4 unspecified atom stereocenters. The molecule has 0 spiro atoms. The van der Waals surface area contributed by atoms with Gasteiger partial charge in [0.2, 0.25) is 11.7 Å². The van der Waals surface area contributed by atoms with Crippen LogP contribution in [0.2, 0.25) is 0 Å². The predicted octanol–water partition coefficient (Wildman–Crippen LogP) is 1.27. The highest BCUT2D eigenvalue weighted by Crippen LogP contribution is 2.54. The van der Waals surface area contributed by atoms with Crippen LogP contribution in [0.25, 0.3) is 16.9 Å². The molecule has 1 fully saturated rings. The number of aliphatic hydroxyl groups excluding tert-OH is 2. The number of Topliss-reactive ketones (excluding diaryl/α,β-unsaturated/α-hetero) is 2. The fourth-order valence-electron chi connectivity index (χ4n) is 6.60. The maximum Gasteiger partial charge on any atom is 0.255 e. The Kier molecular flexibility index (Phi) is 6.75. The molecule has 11 nitrogen and oxygen atoms in total. The van der Waals surface area contributed by atoms with Crippen LogP contribution in [-0.4, -0.2) is 74.4 Å². The van der Waals surface area contributed by atoms with Crippen LogP contribution in [-0.2, 0) is 32.1 Å². The Morgan fingerprint density at radius 3 is 2.37 bits per heavy atom. The van der Waals surface area contributed by atoms with Crippen molar-refractivity contribution in [1.82, 2.24) is 10.2 Å². The fraction of sp³-hybridized carbons (Fsp3) is 0.333. The first kappa shape index (κ1) is 28.1. The monoisotopic (exact) mass is 561 g/mol. The van der Waals surface area contributed by atoms with Crippen molar-refractivity contribution in [3.8, 4) is 16.9 Å². The number of hydrogen-bond acceptors (Lipinski definition) is 9. The second-order valence-corrected chi connectivity index (χ2v) is 11.0. The lowest BCUT2D eigenvalue weighted by atomic mass is 9.57. The second-order valence-electron chi connectivity index (χ2n) is 11.0. The second kappa shape index (κ2) is 9.86. The van der Waals surface area contributed by atoms with Crippen molar-refractivity contribution in [3.05, 3.63) is 70.0 Å². The summed E-state index contributed by atoms with van der Waals surface area (Å²) in [6, 6.07) is 9.77. The van der Waals surface area contributed by atoms with Crippen LogP contribution in [0, 0.1) is 11.8 Å². The molecule has 0 saturated heterocycles. The van der Waals surface area contributed by atoms with E-state index in [0.29, 0.717) is 11.1 Å². The van der Waals surface area contributed by atoms with Crippen molar-refractivity contribution >= 4 is 29.1 Å². The lowest BCUT2D eigenvalue weighted by Gasteiger charge is -2.50. The van der Waals surface area contributed by atoms with Gasteiger partial charge in [0.15, 0.2) is 11.4 Å². The van der Waals surface area contributed by atoms with Gasteiger partial charge in [-0.1, -0.05) is 30.3 Å². The number of phenolic OH excluding ortho intramolecular Hbond substituents is 1. The van der Waals surface area contributed by atoms with Crippen LogP contribution in [0.5, 0.6) is 5.75 Å². The zero-order valence-corrected chi connectivity index (χ0v) is 22.8. The van der Waals surface area contributed by atoms with Gasteiger partial charge < -0.3 is 31.5 Å². The highest BCUT2D eigenvalue weighted by Gasteiger charge is 2.64. The summed E-state index contributed by atoms with van der Waals surface area (Å²) in [6.07, 6.45) is 0.154. The molecule has 0 bridgehead atoms. The van der Waals surface area contributed by atoms with Gasteiger partial charge in [0.1, 0.15) is 22.8 Å². The SMILES string of the molecule is CC(=O)NCc1cc(-c2ccccc2)c2c(c1O)C(O)=C1C(=O)C3(O)C(O)=C(C(N)=O)C(=O)C(N(C)C)C3CC1C2.